The van der Waals surface area contributed by atoms with Crippen molar-refractivity contribution in [3.8, 4) is 0 Å². The maximum atomic E-state index is 12.0. The van der Waals surface area contributed by atoms with Gasteiger partial charge in [-0.3, -0.25) is 9.59 Å². The number of benzene rings is 1. The van der Waals surface area contributed by atoms with E-state index >= 15 is 0 Å². The molecule has 0 aliphatic rings. The summed E-state index contributed by atoms with van der Waals surface area (Å²) in [6.45, 7) is 3.87. The van der Waals surface area contributed by atoms with Crippen LogP contribution in [0.5, 0.6) is 0 Å². The van der Waals surface area contributed by atoms with Crippen molar-refractivity contribution in [2.45, 2.75) is 33.1 Å². The molecule has 6 heteroatoms. The molecule has 126 valence electrons. The highest BCUT2D eigenvalue weighted by Crippen LogP contribution is 2.10. The van der Waals surface area contributed by atoms with Gasteiger partial charge in [-0.05, 0) is 49.7 Å². The third-order valence-electron chi connectivity index (χ3n) is 3.31. The average molecular weight is 327 g/mol. The van der Waals surface area contributed by atoms with Gasteiger partial charge in [-0.2, -0.15) is 5.10 Å². The molecule has 0 aliphatic carbocycles. The lowest BCUT2D eigenvalue weighted by atomic mass is 10.2. The van der Waals surface area contributed by atoms with Crippen LogP contribution in [-0.4, -0.2) is 18.0 Å². The summed E-state index contributed by atoms with van der Waals surface area (Å²) in [6, 6.07) is 10.2. The van der Waals surface area contributed by atoms with E-state index in [2.05, 4.69) is 15.8 Å². The van der Waals surface area contributed by atoms with Crippen LogP contribution < -0.4 is 10.7 Å². The summed E-state index contributed by atoms with van der Waals surface area (Å²) in [4.78, 5) is 23.6. The van der Waals surface area contributed by atoms with Crippen LogP contribution in [0.25, 0.3) is 0 Å². The van der Waals surface area contributed by atoms with Crippen LogP contribution in [0.4, 0.5) is 5.69 Å². The van der Waals surface area contributed by atoms with E-state index < -0.39 is 0 Å². The molecule has 1 aromatic carbocycles. The Balaban J connectivity index is 1.86. The van der Waals surface area contributed by atoms with E-state index in [1.807, 2.05) is 19.9 Å². The third-order valence-corrected chi connectivity index (χ3v) is 3.31. The molecular weight excluding hydrogens is 306 g/mol. The predicted molar refractivity (Wildman–Crippen MR) is 93.1 cm³/mol. The highest BCUT2D eigenvalue weighted by atomic mass is 16.3. The number of hydrazone groups is 1. The predicted octanol–water partition coefficient (Wildman–Crippen LogP) is 3.48. The van der Waals surface area contributed by atoms with Crippen molar-refractivity contribution in [1.82, 2.24) is 5.43 Å². The van der Waals surface area contributed by atoms with Crippen molar-refractivity contribution in [2.24, 2.45) is 5.10 Å². The van der Waals surface area contributed by atoms with Gasteiger partial charge in [0, 0.05) is 17.7 Å². The molecule has 2 rings (SSSR count). The lowest BCUT2D eigenvalue weighted by Gasteiger charge is -2.05. The van der Waals surface area contributed by atoms with Crippen LogP contribution in [-0.2, 0) is 4.79 Å². The second-order valence-electron chi connectivity index (χ2n) is 5.38. The van der Waals surface area contributed by atoms with E-state index in [-0.39, 0.29) is 11.8 Å². The molecule has 0 spiro atoms. The summed E-state index contributed by atoms with van der Waals surface area (Å²) in [5, 5.41) is 6.64. The number of carbonyl (C=O) groups excluding carboxylic acids is 2. The van der Waals surface area contributed by atoms with Crippen LogP contribution in [0.3, 0.4) is 0 Å². The Hall–Kier alpha value is -2.89. The lowest BCUT2D eigenvalue weighted by Crippen LogP contribution is -2.17. The molecule has 2 N–H and O–H groups in total. The first-order valence-corrected chi connectivity index (χ1v) is 7.88. The first kappa shape index (κ1) is 17.5. The summed E-state index contributed by atoms with van der Waals surface area (Å²) in [7, 11) is 0. The number of aryl methyl sites for hydroxylation is 1. The minimum absolute atomic E-state index is 0.0209. The molecule has 0 atom stereocenters. The summed E-state index contributed by atoms with van der Waals surface area (Å²) in [5.74, 6) is 0.989. The molecule has 24 heavy (non-hydrogen) atoms. The fourth-order valence-electron chi connectivity index (χ4n) is 2.01. The average Bonchev–Trinajstić information content (AvgIpc) is 2.99. The number of anilines is 1. The van der Waals surface area contributed by atoms with E-state index in [0.717, 1.165) is 18.6 Å². The van der Waals surface area contributed by atoms with Crippen molar-refractivity contribution >= 4 is 23.7 Å². The number of hydrogen-bond acceptors (Lipinski definition) is 4. The SMILES string of the molecule is CCCCC(=O)Nc1ccc(C(=O)N/N=C/c2ccc(C)o2)cc1. The molecule has 6 nitrogen and oxygen atoms in total. The Kier molecular flexibility index (Phi) is 6.31. The first-order valence-electron chi connectivity index (χ1n) is 7.88. The second kappa shape index (κ2) is 8.67. The molecular formula is C18H21N3O3. The molecule has 0 unspecified atom stereocenters. The lowest BCUT2D eigenvalue weighted by molar-refractivity contribution is -0.116. The van der Waals surface area contributed by atoms with Crippen LogP contribution in [0, 0.1) is 6.92 Å². The number of hydrogen-bond donors (Lipinski definition) is 2. The maximum absolute atomic E-state index is 12.0. The van der Waals surface area contributed by atoms with Crippen molar-refractivity contribution < 1.29 is 14.0 Å². The first-order chi connectivity index (χ1) is 11.6. The van der Waals surface area contributed by atoms with Gasteiger partial charge in [-0.1, -0.05) is 13.3 Å². The number of rotatable bonds is 7. The summed E-state index contributed by atoms with van der Waals surface area (Å²) >= 11 is 0. The Bertz CT molecular complexity index is 717. The van der Waals surface area contributed by atoms with Gasteiger partial charge in [0.2, 0.25) is 5.91 Å². The molecule has 0 saturated heterocycles. The molecule has 0 fully saturated rings. The fraction of sp³-hybridized carbons (Fsp3) is 0.278. The highest BCUT2D eigenvalue weighted by Gasteiger charge is 2.06. The topological polar surface area (TPSA) is 83.7 Å². The van der Waals surface area contributed by atoms with Gasteiger partial charge in [-0.15, -0.1) is 0 Å². The van der Waals surface area contributed by atoms with E-state index in [9.17, 15) is 9.59 Å². The van der Waals surface area contributed by atoms with E-state index in [1.165, 1.54) is 6.21 Å². The Labute approximate surface area is 140 Å². The van der Waals surface area contributed by atoms with Crippen molar-refractivity contribution in [2.75, 3.05) is 5.32 Å². The van der Waals surface area contributed by atoms with Gasteiger partial charge in [0.15, 0.2) is 0 Å². The van der Waals surface area contributed by atoms with Gasteiger partial charge in [0.1, 0.15) is 11.5 Å². The molecule has 1 heterocycles. The number of nitrogens with one attached hydrogen (secondary N) is 2. The quantitative estimate of drug-likeness (QED) is 0.603. The van der Waals surface area contributed by atoms with Gasteiger partial charge >= 0.3 is 0 Å². The third kappa shape index (κ3) is 5.39. The number of unbranched alkanes of at least 4 members (excludes halogenated alkanes) is 1. The van der Waals surface area contributed by atoms with Gasteiger partial charge in [0.25, 0.3) is 5.91 Å². The molecule has 0 bridgehead atoms. The van der Waals surface area contributed by atoms with Crippen molar-refractivity contribution in [3.05, 3.63) is 53.5 Å². The largest absolute Gasteiger partial charge is 0.460 e. The minimum atomic E-state index is -0.335. The summed E-state index contributed by atoms with van der Waals surface area (Å²) < 4.78 is 5.31. The smallest absolute Gasteiger partial charge is 0.271 e. The van der Waals surface area contributed by atoms with E-state index in [4.69, 9.17) is 4.42 Å². The molecule has 0 saturated carbocycles. The van der Waals surface area contributed by atoms with Gasteiger partial charge in [0.05, 0.1) is 6.21 Å². The Morgan fingerprint density at radius 1 is 1.17 bits per heavy atom. The van der Waals surface area contributed by atoms with Crippen LogP contribution in [0.15, 0.2) is 45.9 Å². The van der Waals surface area contributed by atoms with Crippen molar-refractivity contribution in [3.63, 3.8) is 0 Å². The van der Waals surface area contributed by atoms with E-state index in [0.29, 0.717) is 23.4 Å². The molecule has 0 aliphatic heterocycles. The zero-order valence-corrected chi connectivity index (χ0v) is 13.8. The molecule has 2 aromatic rings. The maximum Gasteiger partial charge on any atom is 0.271 e. The Morgan fingerprint density at radius 2 is 1.92 bits per heavy atom. The standard InChI is InChI=1S/C18H21N3O3/c1-3-4-5-17(22)20-15-9-7-14(8-10-15)18(23)21-19-12-16-11-6-13(2)24-16/h6-12H,3-5H2,1-2H3,(H,20,22)(H,21,23)/b19-12+. The zero-order valence-electron chi connectivity index (χ0n) is 13.8. The summed E-state index contributed by atoms with van der Waals surface area (Å²) in [6.07, 6.45) is 3.77. The molecule has 1 aromatic heterocycles. The van der Waals surface area contributed by atoms with Crippen LogP contribution >= 0.6 is 0 Å². The van der Waals surface area contributed by atoms with Crippen LogP contribution in [0.1, 0.15) is 48.1 Å². The summed E-state index contributed by atoms with van der Waals surface area (Å²) in [5.41, 5.74) is 3.55. The minimum Gasteiger partial charge on any atom is -0.460 e. The van der Waals surface area contributed by atoms with Gasteiger partial charge in [-0.25, -0.2) is 5.43 Å². The van der Waals surface area contributed by atoms with E-state index in [1.54, 1.807) is 30.3 Å². The van der Waals surface area contributed by atoms with Crippen molar-refractivity contribution in [1.29, 1.82) is 0 Å². The monoisotopic (exact) mass is 327 g/mol. The number of nitrogens with zero attached hydrogens (tertiary/aromatic N) is 1. The fourth-order valence-corrected chi connectivity index (χ4v) is 2.01. The molecule has 2 amide bonds. The number of carbonyl (C=O) groups is 2. The molecule has 0 radical (unpaired) electrons. The highest BCUT2D eigenvalue weighted by molar-refractivity contribution is 5.96. The van der Waals surface area contributed by atoms with Crippen LogP contribution in [0.2, 0.25) is 0 Å². The second-order valence-corrected chi connectivity index (χ2v) is 5.38. The zero-order chi connectivity index (χ0) is 17.4. The number of amides is 2. The Morgan fingerprint density at radius 3 is 2.54 bits per heavy atom. The normalized spacial score (nSPS) is 10.8. The number of furan rings is 1. The van der Waals surface area contributed by atoms with Gasteiger partial charge < -0.3 is 9.73 Å².